The molecule has 6 nitrogen and oxygen atoms in total. The minimum Gasteiger partial charge on any atom is -0.492 e. The summed E-state index contributed by atoms with van der Waals surface area (Å²) < 4.78 is 11.5. The molecule has 1 aliphatic heterocycles. The van der Waals surface area contributed by atoms with Crippen molar-refractivity contribution in [3.05, 3.63) is 48.0 Å². The number of nitrogens with zero attached hydrogens (tertiary/aromatic N) is 1. The van der Waals surface area contributed by atoms with Crippen molar-refractivity contribution in [1.29, 1.82) is 0 Å². The molecule has 0 bridgehead atoms. The van der Waals surface area contributed by atoms with E-state index in [0.29, 0.717) is 30.3 Å². The predicted molar refractivity (Wildman–Crippen MR) is 135 cm³/mol. The third kappa shape index (κ3) is 6.10. The van der Waals surface area contributed by atoms with Crippen LogP contribution in [0.25, 0.3) is 0 Å². The van der Waals surface area contributed by atoms with Gasteiger partial charge < -0.3 is 19.7 Å². The van der Waals surface area contributed by atoms with Crippen molar-refractivity contribution in [2.24, 2.45) is 11.8 Å². The molecule has 1 aliphatic carbocycles. The van der Waals surface area contributed by atoms with Gasteiger partial charge in [-0.25, -0.2) is 0 Å². The molecule has 4 rings (SSSR count). The van der Waals surface area contributed by atoms with Gasteiger partial charge in [0.1, 0.15) is 18.1 Å². The van der Waals surface area contributed by atoms with Crippen molar-refractivity contribution in [2.45, 2.75) is 58.8 Å². The van der Waals surface area contributed by atoms with E-state index in [9.17, 15) is 9.59 Å². The monoisotopic (exact) mass is 464 g/mol. The topological polar surface area (TPSA) is 67.9 Å². The largest absolute Gasteiger partial charge is 0.492 e. The third-order valence-electron chi connectivity index (χ3n) is 6.93. The lowest BCUT2D eigenvalue weighted by Crippen LogP contribution is -2.41. The van der Waals surface area contributed by atoms with Crippen LogP contribution >= 0.6 is 0 Å². The maximum absolute atomic E-state index is 12.8. The maximum Gasteiger partial charge on any atom is 0.265 e. The van der Waals surface area contributed by atoms with Gasteiger partial charge in [-0.1, -0.05) is 38.3 Å². The summed E-state index contributed by atoms with van der Waals surface area (Å²) in [4.78, 5) is 27.0. The Morgan fingerprint density at radius 1 is 1.15 bits per heavy atom. The molecule has 34 heavy (non-hydrogen) atoms. The van der Waals surface area contributed by atoms with Gasteiger partial charge in [0, 0.05) is 17.7 Å². The summed E-state index contributed by atoms with van der Waals surface area (Å²) in [5, 5.41) is 3.07. The highest BCUT2D eigenvalue weighted by Crippen LogP contribution is 2.36. The average Bonchev–Trinajstić information content (AvgIpc) is 2.84. The second-order valence-corrected chi connectivity index (χ2v) is 9.53. The molecular formula is C28H36N2O4. The Hall–Kier alpha value is -3.02. The van der Waals surface area contributed by atoms with Crippen LogP contribution < -0.4 is 19.7 Å². The smallest absolute Gasteiger partial charge is 0.265 e. The number of ether oxygens (including phenoxy) is 2. The highest BCUT2D eigenvalue weighted by molar-refractivity contribution is 5.99. The van der Waals surface area contributed by atoms with Crippen LogP contribution in [0, 0.1) is 18.8 Å². The Balaban J connectivity index is 1.33. The number of aryl methyl sites for hydroxylation is 1. The summed E-state index contributed by atoms with van der Waals surface area (Å²) in [6, 6.07) is 13.4. The summed E-state index contributed by atoms with van der Waals surface area (Å²) in [6.45, 7) is 5.04. The Morgan fingerprint density at radius 2 is 1.97 bits per heavy atom. The molecule has 2 amide bonds. The van der Waals surface area contributed by atoms with Crippen LogP contribution in [0.4, 0.5) is 11.4 Å². The first-order chi connectivity index (χ1) is 16.5. The first kappa shape index (κ1) is 24.1. The van der Waals surface area contributed by atoms with Gasteiger partial charge in [0.25, 0.3) is 5.91 Å². The van der Waals surface area contributed by atoms with Crippen LogP contribution in [-0.4, -0.2) is 31.6 Å². The highest BCUT2D eigenvalue weighted by Gasteiger charge is 2.28. The number of unbranched alkanes of at least 4 members (excludes halogenated alkanes) is 1. The van der Waals surface area contributed by atoms with E-state index in [1.54, 1.807) is 4.90 Å². The number of benzene rings is 2. The van der Waals surface area contributed by atoms with Crippen LogP contribution in [-0.2, 0) is 9.59 Å². The molecule has 182 valence electrons. The fourth-order valence-corrected chi connectivity index (χ4v) is 4.94. The fraction of sp³-hybridized carbons (Fsp3) is 0.500. The molecular weight excluding hydrogens is 428 g/mol. The quantitative estimate of drug-likeness (QED) is 0.514. The van der Waals surface area contributed by atoms with Gasteiger partial charge in [-0.2, -0.15) is 0 Å². The maximum atomic E-state index is 12.8. The number of carbonyl (C=O) groups excluding carboxylic acids is 2. The number of fused-ring (bicyclic) bond motifs is 1. The molecule has 0 spiro atoms. The molecule has 0 unspecified atom stereocenters. The molecule has 2 aromatic rings. The predicted octanol–water partition coefficient (Wildman–Crippen LogP) is 5.73. The van der Waals surface area contributed by atoms with Gasteiger partial charge in [0.05, 0.1) is 12.2 Å². The minimum atomic E-state index is -0.100. The standard InChI is InChI=1S/C28H36N2O4/c1-3-4-7-21-9-11-22(12-10-21)28(32)29-23-13-14-25-26(18-23)34-19-27(31)30(25)15-16-33-24-8-5-6-20(2)17-24/h5-6,8,13-14,17-18,21-22H,3-4,7,9-12,15-16,19H2,1-2H3,(H,29,32). The normalized spacial score (nSPS) is 19.8. The molecule has 0 atom stereocenters. The lowest BCUT2D eigenvalue weighted by Gasteiger charge is -2.30. The number of nitrogens with one attached hydrogen (secondary N) is 1. The van der Waals surface area contributed by atoms with Crippen LogP contribution in [0.2, 0.25) is 0 Å². The first-order valence-electron chi connectivity index (χ1n) is 12.6. The van der Waals surface area contributed by atoms with E-state index in [1.165, 1.54) is 19.3 Å². The van der Waals surface area contributed by atoms with Crippen molar-refractivity contribution < 1.29 is 19.1 Å². The Labute approximate surface area is 202 Å². The third-order valence-corrected chi connectivity index (χ3v) is 6.93. The molecule has 1 heterocycles. The zero-order valence-corrected chi connectivity index (χ0v) is 20.3. The van der Waals surface area contributed by atoms with E-state index >= 15 is 0 Å². The molecule has 0 radical (unpaired) electrons. The number of carbonyl (C=O) groups is 2. The van der Waals surface area contributed by atoms with Gasteiger partial charge in [-0.3, -0.25) is 9.59 Å². The Bertz CT molecular complexity index is 998. The number of amides is 2. The lowest BCUT2D eigenvalue weighted by atomic mass is 9.79. The SMILES string of the molecule is CCCCC1CCC(C(=O)Nc2ccc3c(c2)OCC(=O)N3CCOc2cccc(C)c2)CC1. The first-order valence-corrected chi connectivity index (χ1v) is 12.6. The Kier molecular flexibility index (Phi) is 8.09. The van der Waals surface area contributed by atoms with Gasteiger partial charge >= 0.3 is 0 Å². The second-order valence-electron chi connectivity index (χ2n) is 9.53. The van der Waals surface area contributed by atoms with Crippen LogP contribution in [0.3, 0.4) is 0 Å². The van der Waals surface area contributed by atoms with E-state index in [4.69, 9.17) is 9.47 Å². The van der Waals surface area contributed by atoms with Crippen molar-refractivity contribution >= 4 is 23.2 Å². The molecule has 1 fully saturated rings. The highest BCUT2D eigenvalue weighted by atomic mass is 16.5. The van der Waals surface area contributed by atoms with Crippen molar-refractivity contribution in [3.8, 4) is 11.5 Å². The minimum absolute atomic E-state index is 0.0172. The fourth-order valence-electron chi connectivity index (χ4n) is 4.94. The summed E-state index contributed by atoms with van der Waals surface area (Å²) in [5.41, 5.74) is 2.55. The molecule has 1 saturated carbocycles. The van der Waals surface area contributed by atoms with Gasteiger partial charge in [0.2, 0.25) is 5.91 Å². The van der Waals surface area contributed by atoms with Gasteiger partial charge in [0.15, 0.2) is 6.61 Å². The van der Waals surface area contributed by atoms with E-state index in [-0.39, 0.29) is 24.3 Å². The number of hydrogen-bond acceptors (Lipinski definition) is 4. The summed E-state index contributed by atoms with van der Waals surface area (Å²) in [6.07, 6.45) is 8.03. The summed E-state index contributed by atoms with van der Waals surface area (Å²) in [7, 11) is 0. The van der Waals surface area contributed by atoms with Crippen molar-refractivity contribution in [1.82, 2.24) is 0 Å². The van der Waals surface area contributed by atoms with Crippen LogP contribution in [0.5, 0.6) is 11.5 Å². The second kappa shape index (κ2) is 11.4. The number of hydrogen-bond donors (Lipinski definition) is 1. The molecule has 6 heteroatoms. The molecule has 0 aromatic heterocycles. The van der Waals surface area contributed by atoms with Crippen LogP contribution in [0.1, 0.15) is 57.4 Å². The molecule has 2 aliphatic rings. The average molecular weight is 465 g/mol. The van der Waals surface area contributed by atoms with Gasteiger partial charge in [-0.15, -0.1) is 0 Å². The van der Waals surface area contributed by atoms with Crippen molar-refractivity contribution in [2.75, 3.05) is 30.0 Å². The van der Waals surface area contributed by atoms with E-state index in [1.807, 2.05) is 49.4 Å². The molecule has 2 aromatic carbocycles. The van der Waals surface area contributed by atoms with E-state index in [2.05, 4.69) is 12.2 Å². The van der Waals surface area contributed by atoms with Crippen LogP contribution in [0.15, 0.2) is 42.5 Å². The van der Waals surface area contributed by atoms with E-state index < -0.39 is 0 Å². The van der Waals surface area contributed by atoms with Crippen molar-refractivity contribution in [3.63, 3.8) is 0 Å². The van der Waals surface area contributed by atoms with Gasteiger partial charge in [-0.05, 0) is 68.4 Å². The van der Waals surface area contributed by atoms with E-state index in [0.717, 1.165) is 42.9 Å². The number of rotatable bonds is 9. The summed E-state index contributed by atoms with van der Waals surface area (Å²) in [5.74, 6) is 2.24. The summed E-state index contributed by atoms with van der Waals surface area (Å²) >= 11 is 0. The lowest BCUT2D eigenvalue weighted by molar-refractivity contribution is -0.122. The Morgan fingerprint density at radius 3 is 2.74 bits per heavy atom. The molecule has 1 N–H and O–H groups in total. The zero-order valence-electron chi connectivity index (χ0n) is 20.3. The molecule has 0 saturated heterocycles. The number of anilines is 2. The zero-order chi connectivity index (χ0) is 23.9.